The first-order chi connectivity index (χ1) is 13.2. The summed E-state index contributed by atoms with van der Waals surface area (Å²) >= 11 is 1.46. The summed E-state index contributed by atoms with van der Waals surface area (Å²) in [6, 6.07) is 3.85. The quantitative estimate of drug-likeness (QED) is 0.805. The van der Waals surface area contributed by atoms with Crippen LogP contribution in [0.25, 0.3) is 0 Å². The van der Waals surface area contributed by atoms with Crippen molar-refractivity contribution in [2.45, 2.75) is 63.7 Å². The Kier molecular flexibility index (Phi) is 4.94. The zero-order valence-corrected chi connectivity index (χ0v) is 17.6. The van der Waals surface area contributed by atoms with Crippen LogP contribution in [0.1, 0.15) is 51.3 Å². The Morgan fingerprint density at radius 2 is 1.86 bits per heavy atom. The van der Waals surface area contributed by atoms with Crippen LogP contribution in [0.4, 0.5) is 4.79 Å². The number of nitrogens with one attached hydrogen (secondary N) is 1. The second-order valence-electron chi connectivity index (χ2n) is 9.43. The largest absolute Gasteiger partial charge is 0.444 e. The molecule has 2 amide bonds. The number of aliphatic hydroxyl groups is 1. The lowest BCUT2D eigenvalue weighted by Gasteiger charge is -2.36. The zero-order valence-electron chi connectivity index (χ0n) is 16.8. The Morgan fingerprint density at radius 1 is 1.21 bits per heavy atom. The summed E-state index contributed by atoms with van der Waals surface area (Å²) in [4.78, 5) is 28.0. The van der Waals surface area contributed by atoms with Crippen molar-refractivity contribution in [3.63, 3.8) is 0 Å². The Labute approximate surface area is 170 Å². The molecule has 0 radical (unpaired) electrons. The number of hydrogen-bond acceptors (Lipinski definition) is 5. The van der Waals surface area contributed by atoms with Gasteiger partial charge < -0.3 is 20.1 Å². The fraction of sp³-hybridized carbons (Fsp3) is 0.714. The summed E-state index contributed by atoms with van der Waals surface area (Å²) in [5, 5.41) is 16.4. The highest BCUT2D eigenvalue weighted by Crippen LogP contribution is 2.49. The summed E-state index contributed by atoms with van der Waals surface area (Å²) in [6.45, 7) is 6.70. The van der Waals surface area contributed by atoms with Crippen molar-refractivity contribution < 1.29 is 19.4 Å². The molecular weight excluding hydrogens is 376 g/mol. The molecule has 0 bridgehead atoms. The SMILES string of the molecule is CC(C)(C)OC(=O)NC1C2CN(C(=O)C(O)(c3cccs3)C3CCCC3)CC21. The first-order valence-electron chi connectivity index (χ1n) is 10.3. The van der Waals surface area contributed by atoms with Crippen molar-refractivity contribution in [2.75, 3.05) is 13.1 Å². The van der Waals surface area contributed by atoms with Gasteiger partial charge in [-0.2, -0.15) is 0 Å². The van der Waals surface area contributed by atoms with Crippen molar-refractivity contribution in [2.24, 2.45) is 17.8 Å². The molecule has 0 aromatic carbocycles. The van der Waals surface area contributed by atoms with Gasteiger partial charge in [-0.15, -0.1) is 11.3 Å². The predicted molar refractivity (Wildman–Crippen MR) is 107 cm³/mol. The Bertz CT molecular complexity index is 726. The van der Waals surface area contributed by atoms with Gasteiger partial charge in [-0.05, 0) is 45.1 Å². The van der Waals surface area contributed by atoms with Crippen LogP contribution in [0.2, 0.25) is 0 Å². The molecule has 154 valence electrons. The number of carbonyl (C=O) groups is 2. The Morgan fingerprint density at radius 3 is 2.39 bits per heavy atom. The minimum atomic E-state index is -1.41. The van der Waals surface area contributed by atoms with Crippen molar-refractivity contribution in [1.82, 2.24) is 10.2 Å². The van der Waals surface area contributed by atoms with E-state index in [4.69, 9.17) is 4.74 Å². The van der Waals surface area contributed by atoms with Gasteiger partial charge in [0.05, 0.1) is 0 Å². The molecular formula is C21H30N2O4S. The lowest BCUT2D eigenvalue weighted by Crippen LogP contribution is -2.51. The third-order valence-corrected chi connectivity index (χ3v) is 7.33. The van der Waals surface area contributed by atoms with Gasteiger partial charge in [-0.1, -0.05) is 18.9 Å². The Hall–Kier alpha value is -1.60. The summed E-state index contributed by atoms with van der Waals surface area (Å²) < 4.78 is 5.33. The summed E-state index contributed by atoms with van der Waals surface area (Å²) in [5.74, 6) is 0.344. The molecule has 1 saturated heterocycles. The van der Waals surface area contributed by atoms with Crippen LogP contribution in [0.15, 0.2) is 17.5 Å². The van der Waals surface area contributed by atoms with E-state index in [-0.39, 0.29) is 29.7 Å². The molecule has 3 unspecified atom stereocenters. The second-order valence-corrected chi connectivity index (χ2v) is 10.4. The fourth-order valence-corrected chi connectivity index (χ4v) is 5.81. The molecule has 3 aliphatic rings. The maximum absolute atomic E-state index is 13.4. The minimum Gasteiger partial charge on any atom is -0.444 e. The molecule has 2 saturated carbocycles. The number of amides is 2. The minimum absolute atomic E-state index is 0.00809. The standard InChI is InChI=1S/C21H30N2O4S/c1-20(2,3)27-19(25)22-17-14-11-23(12-15(14)17)18(24)21(26,13-7-4-5-8-13)16-9-6-10-28-16/h6,9-10,13-15,17,26H,4-5,7-8,11-12H2,1-3H3,(H,22,25). The maximum atomic E-state index is 13.4. The van der Waals surface area contributed by atoms with Crippen LogP contribution >= 0.6 is 11.3 Å². The third-order valence-electron chi connectivity index (χ3n) is 6.33. The van der Waals surface area contributed by atoms with Gasteiger partial charge in [0.15, 0.2) is 5.60 Å². The van der Waals surface area contributed by atoms with Crippen LogP contribution in [0.5, 0.6) is 0 Å². The number of fused-ring (bicyclic) bond motifs is 1. The summed E-state index contributed by atoms with van der Waals surface area (Å²) in [5.41, 5.74) is -1.93. The number of rotatable bonds is 4. The molecule has 0 spiro atoms. The van der Waals surface area contributed by atoms with Gasteiger partial charge >= 0.3 is 6.09 Å². The van der Waals surface area contributed by atoms with Crippen molar-refractivity contribution >= 4 is 23.3 Å². The molecule has 28 heavy (non-hydrogen) atoms. The van der Waals surface area contributed by atoms with E-state index in [2.05, 4.69) is 5.32 Å². The van der Waals surface area contributed by atoms with Gasteiger partial charge in [-0.3, -0.25) is 4.79 Å². The molecule has 1 aromatic rings. The van der Waals surface area contributed by atoms with E-state index in [1.165, 1.54) is 11.3 Å². The number of alkyl carbamates (subject to hydrolysis) is 1. The smallest absolute Gasteiger partial charge is 0.407 e. The number of thiophene rings is 1. The van der Waals surface area contributed by atoms with E-state index >= 15 is 0 Å². The van der Waals surface area contributed by atoms with E-state index in [1.54, 1.807) is 4.90 Å². The van der Waals surface area contributed by atoms with Gasteiger partial charge in [0.1, 0.15) is 5.60 Å². The predicted octanol–water partition coefficient (Wildman–Crippen LogP) is 3.11. The lowest BCUT2D eigenvalue weighted by atomic mass is 9.83. The topological polar surface area (TPSA) is 78.9 Å². The zero-order chi connectivity index (χ0) is 20.1. The van der Waals surface area contributed by atoms with E-state index in [1.807, 2.05) is 38.3 Å². The number of hydrogen-bond donors (Lipinski definition) is 2. The molecule has 2 heterocycles. The first-order valence-corrected chi connectivity index (χ1v) is 11.1. The summed E-state index contributed by atoms with van der Waals surface area (Å²) in [7, 11) is 0. The van der Waals surface area contributed by atoms with Gasteiger partial charge in [0.2, 0.25) is 0 Å². The molecule has 1 aromatic heterocycles. The normalized spacial score (nSPS) is 29.3. The van der Waals surface area contributed by atoms with Gasteiger partial charge in [0, 0.05) is 41.8 Å². The molecule has 3 fully saturated rings. The van der Waals surface area contributed by atoms with Crippen LogP contribution in [-0.2, 0) is 15.1 Å². The molecule has 2 N–H and O–H groups in total. The maximum Gasteiger partial charge on any atom is 0.407 e. The number of likely N-dealkylation sites (tertiary alicyclic amines) is 1. The van der Waals surface area contributed by atoms with Crippen molar-refractivity contribution in [1.29, 1.82) is 0 Å². The molecule has 7 heteroatoms. The number of carbonyl (C=O) groups excluding carboxylic acids is 2. The molecule has 4 rings (SSSR count). The van der Waals surface area contributed by atoms with E-state index in [9.17, 15) is 14.7 Å². The molecule has 6 nitrogen and oxygen atoms in total. The number of ether oxygens (including phenoxy) is 1. The first kappa shape index (κ1) is 19.7. The summed E-state index contributed by atoms with van der Waals surface area (Å²) in [6.07, 6.45) is 3.52. The fourth-order valence-electron chi connectivity index (χ4n) is 4.91. The lowest BCUT2D eigenvalue weighted by molar-refractivity contribution is -0.158. The average Bonchev–Trinajstić information content (AvgIpc) is 3.20. The highest BCUT2D eigenvalue weighted by atomic mass is 32.1. The van der Waals surface area contributed by atoms with E-state index in [0.717, 1.165) is 30.6 Å². The van der Waals surface area contributed by atoms with Gasteiger partial charge in [0.25, 0.3) is 5.91 Å². The van der Waals surface area contributed by atoms with E-state index < -0.39 is 17.3 Å². The molecule has 1 aliphatic heterocycles. The molecule has 3 atom stereocenters. The van der Waals surface area contributed by atoms with Crippen molar-refractivity contribution in [3.8, 4) is 0 Å². The van der Waals surface area contributed by atoms with Crippen LogP contribution < -0.4 is 5.32 Å². The third kappa shape index (κ3) is 3.54. The van der Waals surface area contributed by atoms with Crippen LogP contribution in [0, 0.1) is 17.8 Å². The van der Waals surface area contributed by atoms with Crippen LogP contribution in [0.3, 0.4) is 0 Å². The average molecular weight is 407 g/mol. The van der Waals surface area contributed by atoms with Gasteiger partial charge in [-0.25, -0.2) is 4.79 Å². The van der Waals surface area contributed by atoms with Crippen LogP contribution in [-0.4, -0.2) is 46.7 Å². The van der Waals surface area contributed by atoms with E-state index in [0.29, 0.717) is 13.1 Å². The Balaban J connectivity index is 1.40. The highest BCUT2D eigenvalue weighted by molar-refractivity contribution is 7.10. The number of nitrogens with zero attached hydrogens (tertiary/aromatic N) is 1. The second kappa shape index (κ2) is 7.02. The number of piperidine rings is 1. The monoisotopic (exact) mass is 406 g/mol. The molecule has 2 aliphatic carbocycles. The van der Waals surface area contributed by atoms with Crippen molar-refractivity contribution in [3.05, 3.63) is 22.4 Å². The highest BCUT2D eigenvalue weighted by Gasteiger charge is 2.60.